The lowest BCUT2D eigenvalue weighted by molar-refractivity contribution is 0.869. The molecule has 0 bridgehead atoms. The van der Waals surface area contributed by atoms with Crippen LogP contribution >= 0.6 is 0 Å². The second-order valence-corrected chi connectivity index (χ2v) is 11.0. The van der Waals surface area contributed by atoms with Crippen molar-refractivity contribution in [3.63, 3.8) is 0 Å². The molecule has 7 aromatic rings. The first kappa shape index (κ1) is 25.9. The molecule has 0 spiro atoms. The molecule has 0 fully saturated rings. The topological polar surface area (TPSA) is 55.1 Å². The van der Waals surface area contributed by atoms with E-state index in [1.54, 1.807) is 6.20 Å². The van der Waals surface area contributed by atoms with Gasteiger partial charge in [-0.2, -0.15) is 0 Å². The van der Waals surface area contributed by atoms with Gasteiger partial charge in [0, 0.05) is 51.9 Å². The van der Waals surface area contributed by atoms with Crippen LogP contribution in [0.5, 0.6) is 0 Å². The van der Waals surface area contributed by atoms with Gasteiger partial charge in [0.1, 0.15) is 5.84 Å². The fraction of sp³-hybridized carbons (Fsp3) is 0.0513. The van der Waals surface area contributed by atoms with Gasteiger partial charge in [-0.05, 0) is 53.1 Å². The molecule has 4 heterocycles. The third-order valence-corrected chi connectivity index (χ3v) is 8.23. The smallest absolute Gasteiger partial charge is 0.132 e. The average Bonchev–Trinajstić information content (AvgIpc) is 3.42. The minimum absolute atomic E-state index is 0.575. The molecule has 0 saturated heterocycles. The van der Waals surface area contributed by atoms with Crippen LogP contribution in [-0.4, -0.2) is 26.9 Å². The maximum Gasteiger partial charge on any atom is 0.132 e. The Hall–Kier alpha value is -5.81. The zero-order chi connectivity index (χ0) is 29.3. The Labute approximate surface area is 255 Å². The van der Waals surface area contributed by atoms with Crippen molar-refractivity contribution in [3.8, 4) is 22.6 Å². The highest BCUT2D eigenvalue weighted by molar-refractivity contribution is 6.08. The number of nitrogens with zero attached hydrogens (tertiary/aromatic N) is 4. The summed E-state index contributed by atoms with van der Waals surface area (Å²) in [6.45, 7) is 1.38. The highest BCUT2D eigenvalue weighted by Crippen LogP contribution is 2.30. The normalized spacial score (nSPS) is 13.0. The molecule has 44 heavy (non-hydrogen) atoms. The van der Waals surface area contributed by atoms with Gasteiger partial charge < -0.3 is 9.88 Å². The van der Waals surface area contributed by atoms with E-state index < -0.39 is 0 Å². The van der Waals surface area contributed by atoms with Crippen LogP contribution in [0.2, 0.25) is 0 Å². The van der Waals surface area contributed by atoms with E-state index in [9.17, 15) is 0 Å². The molecule has 0 saturated carbocycles. The van der Waals surface area contributed by atoms with E-state index in [0.29, 0.717) is 6.54 Å². The SMILES string of the molecule is C1=C(c2cc(-c3ccccc3)nc(-c3ccccn3)c2)CN=C(c2ccc(Cn3c4ccccc4c4ccccc43)cc2)N1. The molecule has 5 heteroatoms. The number of benzene rings is 4. The van der Waals surface area contributed by atoms with Crippen molar-refractivity contribution in [2.24, 2.45) is 4.99 Å². The first-order valence-electron chi connectivity index (χ1n) is 14.8. The summed E-state index contributed by atoms with van der Waals surface area (Å²) < 4.78 is 2.41. The highest BCUT2D eigenvalue weighted by Gasteiger charge is 2.15. The van der Waals surface area contributed by atoms with Gasteiger partial charge in [-0.25, -0.2) is 4.98 Å². The number of hydrogen-bond donors (Lipinski definition) is 1. The van der Waals surface area contributed by atoms with E-state index in [-0.39, 0.29) is 0 Å². The Bertz CT molecular complexity index is 2070. The maximum atomic E-state index is 4.95. The van der Waals surface area contributed by atoms with Gasteiger partial charge in [0.2, 0.25) is 0 Å². The molecule has 3 aromatic heterocycles. The third kappa shape index (κ3) is 4.84. The van der Waals surface area contributed by atoms with Crippen molar-refractivity contribution in [1.29, 1.82) is 0 Å². The van der Waals surface area contributed by atoms with E-state index in [1.165, 1.54) is 27.4 Å². The van der Waals surface area contributed by atoms with Crippen molar-refractivity contribution < 1.29 is 0 Å². The standard InChI is InChI=1S/C39H29N5/c1-2-10-28(11-3-1)35-22-30(23-36(43-35)34-14-8-9-21-40-34)31-24-41-39(42-25-31)29-19-17-27(18-20-29)26-44-37-15-6-4-12-32(37)33-13-5-7-16-38(33)44/h1-24H,25-26H2,(H,41,42). The van der Waals surface area contributed by atoms with Crippen LogP contribution in [0.25, 0.3) is 50.0 Å². The van der Waals surface area contributed by atoms with Crippen molar-refractivity contribution >= 4 is 33.2 Å². The first-order chi connectivity index (χ1) is 21.8. The molecular formula is C39H29N5. The van der Waals surface area contributed by atoms with Crippen LogP contribution in [-0.2, 0) is 6.54 Å². The molecule has 210 valence electrons. The molecule has 5 nitrogen and oxygen atoms in total. The monoisotopic (exact) mass is 567 g/mol. The zero-order valence-corrected chi connectivity index (χ0v) is 24.1. The molecule has 8 rings (SSSR count). The molecule has 0 atom stereocenters. The maximum absolute atomic E-state index is 4.95. The average molecular weight is 568 g/mol. The minimum atomic E-state index is 0.575. The number of fused-ring (bicyclic) bond motifs is 3. The second kappa shape index (κ2) is 11.1. The van der Waals surface area contributed by atoms with Crippen LogP contribution in [0.1, 0.15) is 16.7 Å². The highest BCUT2D eigenvalue weighted by atomic mass is 15.0. The molecular weight excluding hydrogens is 538 g/mol. The number of nitrogens with one attached hydrogen (secondary N) is 1. The molecule has 1 N–H and O–H groups in total. The van der Waals surface area contributed by atoms with E-state index in [0.717, 1.165) is 51.7 Å². The van der Waals surface area contributed by atoms with Gasteiger partial charge in [-0.3, -0.25) is 9.98 Å². The summed E-state index contributed by atoms with van der Waals surface area (Å²) in [6.07, 6.45) is 3.87. The lowest BCUT2D eigenvalue weighted by Gasteiger charge is -2.17. The lowest BCUT2D eigenvalue weighted by Crippen LogP contribution is -2.23. The summed E-state index contributed by atoms with van der Waals surface area (Å²) in [6, 6.07) is 46.4. The molecule has 1 aliphatic rings. The molecule has 0 unspecified atom stereocenters. The van der Waals surface area contributed by atoms with Crippen molar-refractivity contribution in [2.75, 3.05) is 6.54 Å². The Morgan fingerprint density at radius 2 is 1.27 bits per heavy atom. The van der Waals surface area contributed by atoms with Gasteiger partial charge in [-0.1, -0.05) is 97.1 Å². The fourth-order valence-corrected chi connectivity index (χ4v) is 6.00. The molecule has 0 radical (unpaired) electrons. The number of amidine groups is 1. The van der Waals surface area contributed by atoms with Gasteiger partial charge in [0.05, 0.1) is 23.6 Å². The molecule has 0 amide bonds. The summed E-state index contributed by atoms with van der Waals surface area (Å²) in [5, 5.41) is 6.05. The number of hydrogen-bond acceptors (Lipinski definition) is 4. The largest absolute Gasteiger partial charge is 0.346 e. The second-order valence-electron chi connectivity index (χ2n) is 11.0. The van der Waals surface area contributed by atoms with Gasteiger partial charge in [0.15, 0.2) is 0 Å². The van der Waals surface area contributed by atoms with Gasteiger partial charge in [-0.15, -0.1) is 0 Å². The number of aromatic nitrogens is 3. The van der Waals surface area contributed by atoms with Crippen LogP contribution in [0.3, 0.4) is 0 Å². The van der Waals surface area contributed by atoms with Crippen LogP contribution in [0, 0.1) is 0 Å². The Morgan fingerprint density at radius 1 is 0.591 bits per heavy atom. The van der Waals surface area contributed by atoms with Crippen molar-refractivity contribution in [3.05, 3.63) is 163 Å². The first-order valence-corrected chi connectivity index (χ1v) is 14.8. The summed E-state index contributed by atoms with van der Waals surface area (Å²) in [5.41, 5.74) is 10.7. The quantitative estimate of drug-likeness (QED) is 0.220. The van der Waals surface area contributed by atoms with E-state index in [1.807, 2.05) is 36.4 Å². The summed E-state index contributed by atoms with van der Waals surface area (Å²) in [4.78, 5) is 14.5. The Morgan fingerprint density at radius 3 is 1.95 bits per heavy atom. The summed E-state index contributed by atoms with van der Waals surface area (Å²) in [7, 11) is 0. The van der Waals surface area contributed by atoms with Crippen LogP contribution < -0.4 is 5.32 Å². The van der Waals surface area contributed by atoms with E-state index >= 15 is 0 Å². The molecule has 4 aromatic carbocycles. The van der Waals surface area contributed by atoms with Crippen LogP contribution in [0.15, 0.2) is 151 Å². The van der Waals surface area contributed by atoms with E-state index in [2.05, 4.69) is 118 Å². The minimum Gasteiger partial charge on any atom is -0.346 e. The van der Waals surface area contributed by atoms with Gasteiger partial charge >= 0.3 is 0 Å². The lowest BCUT2D eigenvalue weighted by atomic mass is 10.0. The predicted octanol–water partition coefficient (Wildman–Crippen LogP) is 8.36. The van der Waals surface area contributed by atoms with Crippen LogP contribution in [0.4, 0.5) is 0 Å². The zero-order valence-electron chi connectivity index (χ0n) is 24.1. The predicted molar refractivity (Wildman–Crippen MR) is 180 cm³/mol. The Kier molecular flexibility index (Phi) is 6.54. The van der Waals surface area contributed by atoms with Crippen molar-refractivity contribution in [1.82, 2.24) is 19.9 Å². The summed E-state index contributed by atoms with van der Waals surface area (Å²) in [5.74, 6) is 0.874. The number of aliphatic imine (C=N–C) groups is 1. The van der Waals surface area contributed by atoms with E-state index in [4.69, 9.17) is 9.98 Å². The van der Waals surface area contributed by atoms with Gasteiger partial charge in [0.25, 0.3) is 0 Å². The summed E-state index contributed by atoms with van der Waals surface area (Å²) >= 11 is 0. The fourth-order valence-electron chi connectivity index (χ4n) is 6.00. The van der Waals surface area contributed by atoms with Crippen molar-refractivity contribution in [2.45, 2.75) is 6.54 Å². The third-order valence-electron chi connectivity index (χ3n) is 8.23. The molecule has 0 aliphatic carbocycles. The number of para-hydroxylation sites is 2. The number of rotatable bonds is 6. The molecule has 1 aliphatic heterocycles. The Balaban J connectivity index is 1.05. The number of pyridine rings is 2.